The summed E-state index contributed by atoms with van der Waals surface area (Å²) in [5, 5.41) is 17.6. The van der Waals surface area contributed by atoms with Crippen molar-refractivity contribution in [2.24, 2.45) is 0 Å². The van der Waals surface area contributed by atoms with E-state index in [0.29, 0.717) is 18.0 Å². The first-order valence-electron chi connectivity index (χ1n) is 13.9. The van der Waals surface area contributed by atoms with Crippen LogP contribution in [0.2, 0.25) is 0 Å². The third kappa shape index (κ3) is 5.83. The van der Waals surface area contributed by atoms with E-state index < -0.39 is 0 Å². The summed E-state index contributed by atoms with van der Waals surface area (Å²) in [4.78, 5) is 14.0. The van der Waals surface area contributed by atoms with Gasteiger partial charge in [-0.15, -0.1) is 0 Å². The normalized spacial score (nSPS) is 19.4. The zero-order valence-corrected chi connectivity index (χ0v) is 23.8. The molecule has 0 amide bonds. The average molecular weight is 545 g/mol. The van der Waals surface area contributed by atoms with E-state index >= 15 is 0 Å². The minimum atomic E-state index is 0.410. The van der Waals surface area contributed by atoms with E-state index in [1.807, 2.05) is 45.5 Å². The molecule has 2 aliphatic rings. The van der Waals surface area contributed by atoms with Gasteiger partial charge in [-0.05, 0) is 31.4 Å². The highest BCUT2D eigenvalue weighted by molar-refractivity contribution is 5.88. The van der Waals surface area contributed by atoms with E-state index in [0.717, 1.165) is 77.9 Å². The lowest BCUT2D eigenvalue weighted by atomic mass is 10.1. The van der Waals surface area contributed by atoms with Crippen LogP contribution in [-0.4, -0.2) is 87.7 Å². The molecular formula is C30H40N8O2. The second-order valence-corrected chi connectivity index (χ2v) is 10.3. The van der Waals surface area contributed by atoms with E-state index in [1.54, 1.807) is 13.4 Å². The van der Waals surface area contributed by atoms with Gasteiger partial charge in [0.05, 0.1) is 36.0 Å². The molecule has 2 heterocycles. The van der Waals surface area contributed by atoms with Crippen LogP contribution in [0.4, 0.5) is 28.6 Å². The summed E-state index contributed by atoms with van der Waals surface area (Å²) in [5.41, 5.74) is 6.42. The van der Waals surface area contributed by atoms with Crippen molar-refractivity contribution in [2.45, 2.75) is 31.4 Å². The summed E-state index contributed by atoms with van der Waals surface area (Å²) < 4.78 is 11.4. The predicted molar refractivity (Wildman–Crippen MR) is 163 cm³/mol. The Morgan fingerprint density at radius 2 is 1.73 bits per heavy atom. The van der Waals surface area contributed by atoms with E-state index in [2.05, 4.69) is 47.9 Å². The summed E-state index contributed by atoms with van der Waals surface area (Å²) in [6, 6.07) is 12.6. The molecule has 10 heteroatoms. The number of anilines is 5. The lowest BCUT2D eigenvalue weighted by molar-refractivity contribution is 0.0954. The number of piperazine rings is 1. The Bertz CT molecular complexity index is 1330. The number of benzene rings is 2. The van der Waals surface area contributed by atoms with Crippen LogP contribution in [0, 0.1) is 5.41 Å². The maximum Gasteiger partial charge on any atom is 0.144 e. The van der Waals surface area contributed by atoms with Gasteiger partial charge in [-0.1, -0.05) is 12.1 Å². The highest BCUT2D eigenvalue weighted by Gasteiger charge is 2.31. The maximum atomic E-state index is 7.60. The van der Waals surface area contributed by atoms with E-state index in [-0.39, 0.29) is 0 Å². The molecule has 40 heavy (non-hydrogen) atoms. The molecule has 2 fully saturated rings. The molecule has 1 saturated carbocycles. The van der Waals surface area contributed by atoms with Gasteiger partial charge < -0.3 is 35.7 Å². The molecule has 0 radical (unpaired) electrons. The molecule has 1 aromatic heterocycles. The van der Waals surface area contributed by atoms with E-state index in [4.69, 9.17) is 14.9 Å². The minimum absolute atomic E-state index is 0.410. The van der Waals surface area contributed by atoms with Crippen molar-refractivity contribution in [3.05, 3.63) is 48.3 Å². The van der Waals surface area contributed by atoms with Gasteiger partial charge >= 0.3 is 0 Å². The first-order valence-corrected chi connectivity index (χ1v) is 13.9. The Balaban J connectivity index is 1.33. The maximum absolute atomic E-state index is 7.60. The van der Waals surface area contributed by atoms with Crippen molar-refractivity contribution in [1.82, 2.24) is 14.9 Å². The van der Waals surface area contributed by atoms with Crippen molar-refractivity contribution in [3.63, 3.8) is 0 Å². The largest absolute Gasteiger partial charge is 0.494 e. The van der Waals surface area contributed by atoms with Crippen LogP contribution in [0.1, 0.15) is 24.8 Å². The third-order valence-corrected chi connectivity index (χ3v) is 8.15. The number of rotatable bonds is 10. The number of methoxy groups -OCH3 is 2. The highest BCUT2D eigenvalue weighted by atomic mass is 16.5. The minimum Gasteiger partial charge on any atom is -0.494 e. The molecule has 212 valence electrons. The van der Waals surface area contributed by atoms with Crippen molar-refractivity contribution in [2.75, 3.05) is 75.3 Å². The molecule has 2 unspecified atom stereocenters. The predicted octanol–water partition coefficient (Wildman–Crippen LogP) is 4.67. The molecule has 1 aliphatic carbocycles. The van der Waals surface area contributed by atoms with E-state index in [1.165, 1.54) is 19.1 Å². The first-order chi connectivity index (χ1) is 19.6. The van der Waals surface area contributed by atoms with Crippen LogP contribution < -0.4 is 25.6 Å². The van der Waals surface area contributed by atoms with Crippen LogP contribution in [0.15, 0.2) is 42.7 Å². The molecule has 4 N–H and O–H groups in total. The number of hydrogen-bond acceptors (Lipinski definition) is 10. The molecule has 10 nitrogen and oxygen atoms in total. The molecule has 0 bridgehead atoms. The van der Waals surface area contributed by atoms with Crippen molar-refractivity contribution >= 4 is 34.8 Å². The standard InChI is InChI=1S/C30H40N8O2/c1-32-24-13-20(5-6-21(24)18-31)25-16-30(35-19-34-25)36-27-15-26(33-2)28(17-29(27)40-4)38-11-9-37(10-12-38)22-7-8-23(14-22)39-3/h5-6,13,15-19,22-23,31-33H,7-12,14H2,1-4H3,(H,34,35,36). The number of aromatic nitrogens is 2. The van der Waals surface area contributed by atoms with Gasteiger partial charge in [-0.25, -0.2) is 9.97 Å². The third-order valence-electron chi connectivity index (χ3n) is 8.15. The van der Waals surface area contributed by atoms with Gasteiger partial charge in [0.2, 0.25) is 0 Å². The molecule has 2 aromatic carbocycles. The Hall–Kier alpha value is -3.89. The fraction of sp³-hybridized carbons (Fsp3) is 0.433. The van der Waals surface area contributed by atoms with Gasteiger partial charge in [-0.2, -0.15) is 0 Å². The molecule has 0 spiro atoms. The summed E-state index contributed by atoms with van der Waals surface area (Å²) in [5.74, 6) is 1.42. The van der Waals surface area contributed by atoms with E-state index in [9.17, 15) is 0 Å². The van der Waals surface area contributed by atoms with Crippen LogP contribution in [0.3, 0.4) is 0 Å². The first kappa shape index (κ1) is 27.7. The molecule has 3 aromatic rings. The SMILES string of the molecule is CNc1cc(-c2cc(Nc3cc(NC)c(N4CCN(C5CCC(OC)C5)CC4)cc3OC)ncn2)ccc1C=N. The smallest absolute Gasteiger partial charge is 0.144 e. The number of nitrogens with zero attached hydrogens (tertiary/aromatic N) is 4. The zero-order chi connectivity index (χ0) is 28.1. The van der Waals surface area contributed by atoms with Crippen LogP contribution in [0.5, 0.6) is 5.75 Å². The monoisotopic (exact) mass is 544 g/mol. The van der Waals surface area contributed by atoms with Crippen molar-refractivity contribution in [3.8, 4) is 17.0 Å². The van der Waals surface area contributed by atoms with Crippen molar-refractivity contribution < 1.29 is 9.47 Å². The Morgan fingerprint density at radius 1 is 0.925 bits per heavy atom. The number of hydrogen-bond donors (Lipinski definition) is 4. The molecule has 5 rings (SSSR count). The van der Waals surface area contributed by atoms with Crippen LogP contribution in [-0.2, 0) is 4.74 Å². The fourth-order valence-corrected chi connectivity index (χ4v) is 5.87. The second-order valence-electron chi connectivity index (χ2n) is 10.3. The Labute approximate surface area is 236 Å². The zero-order valence-electron chi connectivity index (χ0n) is 23.8. The number of ether oxygens (including phenoxy) is 2. The van der Waals surface area contributed by atoms with Crippen LogP contribution >= 0.6 is 0 Å². The summed E-state index contributed by atoms with van der Waals surface area (Å²) in [7, 11) is 7.33. The van der Waals surface area contributed by atoms with Crippen molar-refractivity contribution in [1.29, 1.82) is 5.41 Å². The molecule has 2 atom stereocenters. The lowest BCUT2D eigenvalue weighted by Crippen LogP contribution is -2.50. The lowest BCUT2D eigenvalue weighted by Gasteiger charge is -2.40. The molecule has 1 saturated heterocycles. The Morgan fingerprint density at radius 3 is 2.40 bits per heavy atom. The van der Waals surface area contributed by atoms with Gasteiger partial charge in [0.25, 0.3) is 0 Å². The van der Waals surface area contributed by atoms with Gasteiger partial charge in [-0.3, -0.25) is 4.90 Å². The summed E-state index contributed by atoms with van der Waals surface area (Å²) in [6.07, 6.45) is 6.84. The highest BCUT2D eigenvalue weighted by Crippen LogP contribution is 2.39. The van der Waals surface area contributed by atoms with Gasteiger partial charge in [0.15, 0.2) is 0 Å². The molecular weight excluding hydrogens is 504 g/mol. The second kappa shape index (κ2) is 12.5. The van der Waals surface area contributed by atoms with Gasteiger partial charge in [0, 0.05) is 88.6 Å². The fourth-order valence-electron chi connectivity index (χ4n) is 5.87. The van der Waals surface area contributed by atoms with Crippen LogP contribution in [0.25, 0.3) is 11.3 Å². The summed E-state index contributed by atoms with van der Waals surface area (Å²) in [6.45, 7) is 4.04. The quantitative estimate of drug-likeness (QED) is 0.271. The van der Waals surface area contributed by atoms with Gasteiger partial charge in [0.1, 0.15) is 17.9 Å². The average Bonchev–Trinajstić information content (AvgIpc) is 3.50. The molecule has 1 aliphatic heterocycles. The summed E-state index contributed by atoms with van der Waals surface area (Å²) >= 11 is 0. The topological polar surface area (TPSA) is 111 Å². The number of nitrogens with one attached hydrogen (secondary N) is 4. The Kier molecular flexibility index (Phi) is 8.66.